The maximum absolute atomic E-state index is 14.5. The van der Waals surface area contributed by atoms with Gasteiger partial charge in [-0.25, -0.2) is 13.8 Å². The van der Waals surface area contributed by atoms with E-state index in [9.17, 15) is 18.4 Å². The van der Waals surface area contributed by atoms with Gasteiger partial charge in [0.1, 0.15) is 18.2 Å². The van der Waals surface area contributed by atoms with Crippen molar-refractivity contribution in [3.05, 3.63) is 138 Å². The zero-order valence-electron chi connectivity index (χ0n) is 21.7. The summed E-state index contributed by atoms with van der Waals surface area (Å²) in [7, 11) is 0. The predicted molar refractivity (Wildman–Crippen MR) is 150 cm³/mol. The van der Waals surface area contributed by atoms with Gasteiger partial charge in [0.15, 0.2) is 0 Å². The third kappa shape index (κ3) is 5.96. The quantitative estimate of drug-likeness (QED) is 0.249. The molecule has 40 heavy (non-hydrogen) atoms. The SMILES string of the molecule is Cc1ccc(-n2cc(-c3ccccc3)nc2NC(=O)CN(Cc2ccccc2)C(=O)c2ccccc2F)cc1F. The van der Waals surface area contributed by atoms with E-state index in [2.05, 4.69) is 10.3 Å². The Kier molecular flexibility index (Phi) is 7.77. The second-order valence-electron chi connectivity index (χ2n) is 9.29. The zero-order valence-corrected chi connectivity index (χ0v) is 21.7. The molecule has 0 aliphatic rings. The number of anilines is 1. The second kappa shape index (κ2) is 11.7. The van der Waals surface area contributed by atoms with Gasteiger partial charge in [-0.15, -0.1) is 0 Å². The first-order valence-corrected chi connectivity index (χ1v) is 12.7. The van der Waals surface area contributed by atoms with Crippen LogP contribution in [0.1, 0.15) is 21.5 Å². The van der Waals surface area contributed by atoms with Gasteiger partial charge in [0.25, 0.3) is 5.91 Å². The molecule has 0 aliphatic carbocycles. The molecule has 0 bridgehead atoms. The van der Waals surface area contributed by atoms with Gasteiger partial charge in [0.2, 0.25) is 11.9 Å². The number of halogens is 2. The van der Waals surface area contributed by atoms with Gasteiger partial charge in [-0.3, -0.25) is 19.5 Å². The third-order valence-electron chi connectivity index (χ3n) is 6.40. The number of carbonyl (C=O) groups is 2. The predicted octanol–water partition coefficient (Wildman–Crippen LogP) is 6.41. The Morgan fingerprint density at radius 3 is 2.23 bits per heavy atom. The molecule has 0 fully saturated rings. The van der Waals surface area contributed by atoms with Gasteiger partial charge in [0, 0.05) is 18.3 Å². The third-order valence-corrected chi connectivity index (χ3v) is 6.40. The Labute approximate surface area is 230 Å². The second-order valence-corrected chi connectivity index (χ2v) is 9.29. The van der Waals surface area contributed by atoms with Gasteiger partial charge in [-0.1, -0.05) is 78.9 Å². The van der Waals surface area contributed by atoms with Crippen LogP contribution in [0.4, 0.5) is 14.7 Å². The highest BCUT2D eigenvalue weighted by Gasteiger charge is 2.23. The molecule has 0 saturated heterocycles. The summed E-state index contributed by atoms with van der Waals surface area (Å²) in [6.07, 6.45) is 1.71. The average molecular weight is 537 g/mol. The molecule has 5 aromatic rings. The Hall–Kier alpha value is -5.11. The van der Waals surface area contributed by atoms with Crippen LogP contribution < -0.4 is 5.32 Å². The van der Waals surface area contributed by atoms with Crippen molar-refractivity contribution in [3.63, 3.8) is 0 Å². The van der Waals surface area contributed by atoms with Crippen LogP contribution >= 0.6 is 0 Å². The lowest BCUT2D eigenvalue weighted by Gasteiger charge is -2.23. The number of aryl methyl sites for hydroxylation is 1. The van der Waals surface area contributed by atoms with Gasteiger partial charge >= 0.3 is 0 Å². The van der Waals surface area contributed by atoms with Crippen molar-refractivity contribution in [3.8, 4) is 16.9 Å². The Morgan fingerprint density at radius 1 is 0.850 bits per heavy atom. The standard InChI is InChI=1S/C32H26F2N4O2/c1-22-16-17-25(18-28(22)34)38-20-29(24-12-6-3-7-13-24)35-32(38)36-30(39)21-37(19-23-10-4-2-5-11-23)31(40)26-14-8-9-15-27(26)33/h2-18,20H,19,21H2,1H3,(H,35,36,39). The van der Waals surface area contributed by atoms with Gasteiger partial charge in [-0.05, 0) is 42.3 Å². The molecule has 4 aromatic carbocycles. The number of rotatable bonds is 8. The molecule has 5 rings (SSSR count). The molecule has 200 valence electrons. The van der Waals surface area contributed by atoms with Crippen LogP contribution in [0.2, 0.25) is 0 Å². The van der Waals surface area contributed by atoms with Crippen molar-refractivity contribution in [2.24, 2.45) is 0 Å². The van der Waals surface area contributed by atoms with E-state index >= 15 is 0 Å². The maximum atomic E-state index is 14.5. The van der Waals surface area contributed by atoms with Crippen molar-refractivity contribution in [2.45, 2.75) is 13.5 Å². The first kappa shape index (κ1) is 26.5. The molecule has 2 amide bonds. The molecule has 8 heteroatoms. The monoisotopic (exact) mass is 536 g/mol. The van der Waals surface area contributed by atoms with Crippen LogP contribution in [0.3, 0.4) is 0 Å². The summed E-state index contributed by atoms with van der Waals surface area (Å²) in [5.74, 6) is -2.07. The highest BCUT2D eigenvalue weighted by Crippen LogP contribution is 2.25. The van der Waals surface area contributed by atoms with Crippen LogP contribution in [0.25, 0.3) is 16.9 Å². The van der Waals surface area contributed by atoms with Crippen molar-refractivity contribution >= 4 is 17.8 Å². The lowest BCUT2D eigenvalue weighted by Crippen LogP contribution is -2.38. The molecular weight excluding hydrogens is 510 g/mol. The van der Waals surface area contributed by atoms with E-state index in [-0.39, 0.29) is 24.6 Å². The summed E-state index contributed by atoms with van der Waals surface area (Å²) in [6, 6.07) is 28.9. The molecular formula is C32H26F2N4O2. The van der Waals surface area contributed by atoms with Crippen molar-refractivity contribution < 1.29 is 18.4 Å². The van der Waals surface area contributed by atoms with E-state index in [0.717, 1.165) is 11.1 Å². The summed E-state index contributed by atoms with van der Waals surface area (Å²) in [4.78, 5) is 32.6. The van der Waals surface area contributed by atoms with E-state index in [0.29, 0.717) is 16.9 Å². The van der Waals surface area contributed by atoms with Crippen LogP contribution in [-0.4, -0.2) is 32.8 Å². The van der Waals surface area contributed by atoms with E-state index in [1.165, 1.54) is 29.2 Å². The van der Waals surface area contributed by atoms with E-state index < -0.39 is 23.4 Å². The van der Waals surface area contributed by atoms with E-state index in [4.69, 9.17) is 0 Å². The minimum atomic E-state index is -0.671. The summed E-state index contributed by atoms with van der Waals surface area (Å²) in [6.45, 7) is 1.39. The number of nitrogens with one attached hydrogen (secondary N) is 1. The molecule has 0 radical (unpaired) electrons. The van der Waals surface area contributed by atoms with Crippen LogP contribution in [0.15, 0.2) is 109 Å². The normalized spacial score (nSPS) is 10.8. The fourth-order valence-corrected chi connectivity index (χ4v) is 4.29. The number of nitrogens with zero attached hydrogens (tertiary/aromatic N) is 3. The van der Waals surface area contributed by atoms with Crippen LogP contribution in [0, 0.1) is 18.6 Å². The number of benzene rings is 4. The lowest BCUT2D eigenvalue weighted by molar-refractivity contribution is -0.117. The van der Waals surface area contributed by atoms with E-state index in [1.54, 1.807) is 35.9 Å². The lowest BCUT2D eigenvalue weighted by atomic mass is 10.1. The summed E-state index contributed by atoms with van der Waals surface area (Å²) in [5.41, 5.74) is 2.99. The fraction of sp³-hybridized carbons (Fsp3) is 0.0938. The topological polar surface area (TPSA) is 67.2 Å². The number of aromatic nitrogens is 2. The number of imidazole rings is 1. The molecule has 0 atom stereocenters. The highest BCUT2D eigenvalue weighted by molar-refractivity contribution is 5.99. The van der Waals surface area contributed by atoms with Gasteiger partial charge in [-0.2, -0.15) is 0 Å². The minimum Gasteiger partial charge on any atom is -0.325 e. The average Bonchev–Trinajstić information content (AvgIpc) is 3.38. The number of amides is 2. The first-order valence-electron chi connectivity index (χ1n) is 12.7. The largest absolute Gasteiger partial charge is 0.325 e. The summed E-state index contributed by atoms with van der Waals surface area (Å²) < 4.78 is 30.5. The molecule has 0 unspecified atom stereocenters. The van der Waals surface area contributed by atoms with E-state index in [1.807, 2.05) is 60.7 Å². The fourth-order valence-electron chi connectivity index (χ4n) is 4.29. The summed E-state index contributed by atoms with van der Waals surface area (Å²) >= 11 is 0. The number of hydrogen-bond acceptors (Lipinski definition) is 3. The van der Waals surface area contributed by atoms with Crippen molar-refractivity contribution in [1.82, 2.24) is 14.5 Å². The van der Waals surface area contributed by atoms with Crippen LogP contribution in [0.5, 0.6) is 0 Å². The zero-order chi connectivity index (χ0) is 28.1. The molecule has 1 N–H and O–H groups in total. The number of hydrogen-bond donors (Lipinski definition) is 1. The summed E-state index contributed by atoms with van der Waals surface area (Å²) in [5, 5.41) is 2.77. The molecule has 0 aliphatic heterocycles. The van der Waals surface area contributed by atoms with Gasteiger partial charge in [0.05, 0.1) is 16.9 Å². The first-order chi connectivity index (χ1) is 19.4. The minimum absolute atomic E-state index is 0.0916. The smallest absolute Gasteiger partial charge is 0.257 e. The van der Waals surface area contributed by atoms with Crippen molar-refractivity contribution in [2.75, 3.05) is 11.9 Å². The van der Waals surface area contributed by atoms with Crippen LogP contribution in [-0.2, 0) is 11.3 Å². The van der Waals surface area contributed by atoms with Gasteiger partial charge < -0.3 is 4.90 Å². The molecule has 1 heterocycles. The molecule has 0 spiro atoms. The number of carbonyl (C=O) groups excluding carboxylic acids is 2. The Balaban J connectivity index is 1.46. The maximum Gasteiger partial charge on any atom is 0.257 e. The highest BCUT2D eigenvalue weighted by atomic mass is 19.1. The Morgan fingerprint density at radius 2 is 1.52 bits per heavy atom. The molecule has 1 aromatic heterocycles. The van der Waals surface area contributed by atoms with Crippen molar-refractivity contribution in [1.29, 1.82) is 0 Å². The molecule has 0 saturated carbocycles. The molecule has 6 nitrogen and oxygen atoms in total. The Bertz CT molecular complexity index is 1650.